The number of rotatable bonds is 59. The van der Waals surface area contributed by atoms with Gasteiger partial charge in [0.25, 0.3) is 0 Å². The molecule has 0 saturated heterocycles. The summed E-state index contributed by atoms with van der Waals surface area (Å²) in [6.07, 6.45) is 61.7. The molecule has 0 aromatic carbocycles. The lowest BCUT2D eigenvalue weighted by atomic mass is 10.0. The number of ether oxygens (including phenoxy) is 4. The van der Waals surface area contributed by atoms with Gasteiger partial charge in [-0.25, -0.2) is 0 Å². The first-order valence-electron chi connectivity index (χ1n) is 31.3. The number of likely N-dealkylation sites (N-methyl/N-ethyl adjacent to an activating group) is 1. The van der Waals surface area contributed by atoms with Crippen LogP contribution in [0.4, 0.5) is 0 Å². The average molecular weight is 1020 g/mol. The quantitative estimate of drug-likeness (QED) is 0.0195. The van der Waals surface area contributed by atoms with Crippen molar-refractivity contribution in [1.29, 1.82) is 0 Å². The standard InChI is InChI=1S/C63H121NO8/c1-6-8-10-12-14-16-18-20-21-22-23-24-25-26-27-28-29-30-31-32-33-34-35-36-37-38-39-40-41-42-44-45-47-49-51-53-60(65)70-57-59(58-71-63(62(67)68)69-56-55-64(3,4)5)72-61(66)54-52-50-48-46-43-19-17-15-13-11-9-7-2/h15,17,59,63H,6-14,16,18-58H2,1-5H3/b17-15-. The van der Waals surface area contributed by atoms with Crippen LogP contribution in [-0.2, 0) is 33.3 Å². The third-order valence-electron chi connectivity index (χ3n) is 14.3. The number of carbonyl (C=O) groups excluding carboxylic acids is 3. The molecule has 0 amide bonds. The zero-order valence-electron chi connectivity index (χ0n) is 48.6. The number of carboxylic acid groups (broad SMARTS) is 1. The van der Waals surface area contributed by atoms with Crippen LogP contribution in [0.25, 0.3) is 0 Å². The normalized spacial score (nSPS) is 12.7. The minimum atomic E-state index is -1.62. The van der Waals surface area contributed by atoms with E-state index < -0.39 is 24.3 Å². The summed E-state index contributed by atoms with van der Waals surface area (Å²) in [5, 5.41) is 11.7. The molecule has 0 aliphatic heterocycles. The summed E-state index contributed by atoms with van der Waals surface area (Å²) >= 11 is 0. The summed E-state index contributed by atoms with van der Waals surface area (Å²) in [6, 6.07) is 0. The number of carbonyl (C=O) groups is 3. The molecule has 0 heterocycles. The molecule has 2 atom stereocenters. The van der Waals surface area contributed by atoms with Gasteiger partial charge in [0.2, 0.25) is 0 Å². The highest BCUT2D eigenvalue weighted by atomic mass is 16.7. The molecule has 0 N–H and O–H groups in total. The molecular weight excluding hydrogens is 899 g/mol. The Bertz CT molecular complexity index is 1190. The number of esters is 2. The Hall–Kier alpha value is -1.97. The summed E-state index contributed by atoms with van der Waals surface area (Å²) in [4.78, 5) is 37.2. The monoisotopic (exact) mass is 1020 g/mol. The molecule has 0 aromatic heterocycles. The van der Waals surface area contributed by atoms with Crippen molar-refractivity contribution < 1.29 is 42.9 Å². The van der Waals surface area contributed by atoms with Gasteiger partial charge in [0.05, 0.1) is 40.3 Å². The third kappa shape index (κ3) is 55.8. The Balaban J connectivity index is 3.91. The number of unbranched alkanes of at least 4 members (excludes halogenated alkanes) is 42. The Morgan fingerprint density at radius 3 is 1.06 bits per heavy atom. The van der Waals surface area contributed by atoms with Crippen molar-refractivity contribution in [2.45, 2.75) is 328 Å². The van der Waals surface area contributed by atoms with Crippen LogP contribution in [0.2, 0.25) is 0 Å². The lowest BCUT2D eigenvalue weighted by molar-refractivity contribution is -0.870. The third-order valence-corrected chi connectivity index (χ3v) is 14.3. The van der Waals surface area contributed by atoms with Crippen molar-refractivity contribution >= 4 is 17.9 Å². The van der Waals surface area contributed by atoms with Crippen LogP contribution in [0.5, 0.6) is 0 Å². The Labute approximate surface area is 446 Å². The molecule has 0 spiro atoms. The topological polar surface area (TPSA) is 111 Å². The zero-order valence-corrected chi connectivity index (χ0v) is 48.6. The van der Waals surface area contributed by atoms with Gasteiger partial charge in [0.1, 0.15) is 13.2 Å². The summed E-state index contributed by atoms with van der Waals surface area (Å²) in [6.45, 7) is 4.76. The van der Waals surface area contributed by atoms with Crippen molar-refractivity contribution in [3.63, 3.8) is 0 Å². The maximum atomic E-state index is 12.8. The minimum Gasteiger partial charge on any atom is -0.545 e. The van der Waals surface area contributed by atoms with Gasteiger partial charge in [-0.2, -0.15) is 0 Å². The summed E-state index contributed by atoms with van der Waals surface area (Å²) < 4.78 is 22.7. The fraction of sp³-hybridized carbons (Fsp3) is 0.921. The van der Waals surface area contributed by atoms with Gasteiger partial charge in [0, 0.05) is 12.8 Å². The Morgan fingerprint density at radius 2 is 0.708 bits per heavy atom. The van der Waals surface area contributed by atoms with E-state index in [1.165, 1.54) is 231 Å². The lowest BCUT2D eigenvalue weighted by Gasteiger charge is -2.26. The molecule has 0 bridgehead atoms. The first kappa shape index (κ1) is 70.0. The first-order valence-corrected chi connectivity index (χ1v) is 31.3. The Morgan fingerprint density at radius 1 is 0.403 bits per heavy atom. The van der Waals surface area contributed by atoms with Crippen LogP contribution in [0, 0.1) is 0 Å². The predicted molar refractivity (Wildman–Crippen MR) is 302 cm³/mol. The van der Waals surface area contributed by atoms with Crippen LogP contribution in [0.15, 0.2) is 12.2 Å². The van der Waals surface area contributed by atoms with E-state index in [1.807, 2.05) is 21.1 Å². The van der Waals surface area contributed by atoms with Crippen LogP contribution in [0.3, 0.4) is 0 Å². The van der Waals surface area contributed by atoms with Gasteiger partial charge < -0.3 is 33.3 Å². The van der Waals surface area contributed by atoms with Gasteiger partial charge in [0.15, 0.2) is 12.4 Å². The van der Waals surface area contributed by atoms with Crippen LogP contribution >= 0.6 is 0 Å². The highest BCUT2D eigenvalue weighted by Crippen LogP contribution is 2.18. The fourth-order valence-corrected chi connectivity index (χ4v) is 9.42. The second kappa shape index (κ2) is 55.3. The molecular formula is C63H121NO8. The second-order valence-electron chi connectivity index (χ2n) is 22.7. The van der Waals surface area contributed by atoms with Gasteiger partial charge >= 0.3 is 11.9 Å². The van der Waals surface area contributed by atoms with E-state index in [0.717, 1.165) is 51.4 Å². The lowest BCUT2D eigenvalue weighted by Crippen LogP contribution is -2.44. The maximum Gasteiger partial charge on any atom is 0.306 e. The number of carboxylic acids is 1. The van der Waals surface area contributed by atoms with E-state index in [1.54, 1.807) is 0 Å². The van der Waals surface area contributed by atoms with Crippen LogP contribution < -0.4 is 5.11 Å². The van der Waals surface area contributed by atoms with E-state index in [0.29, 0.717) is 23.9 Å². The van der Waals surface area contributed by atoms with Crippen LogP contribution in [0.1, 0.15) is 316 Å². The van der Waals surface area contributed by atoms with E-state index in [4.69, 9.17) is 18.9 Å². The number of quaternary nitrogens is 1. The van der Waals surface area contributed by atoms with Crippen molar-refractivity contribution in [3.8, 4) is 0 Å². The minimum absolute atomic E-state index is 0.149. The van der Waals surface area contributed by atoms with Crippen molar-refractivity contribution in [1.82, 2.24) is 0 Å². The summed E-state index contributed by atoms with van der Waals surface area (Å²) in [5.41, 5.74) is 0. The maximum absolute atomic E-state index is 12.8. The largest absolute Gasteiger partial charge is 0.545 e. The van der Waals surface area contributed by atoms with E-state index in [-0.39, 0.29) is 32.2 Å². The SMILES string of the molecule is CCCCC/C=C\CCCCCCCC(=O)OC(COC(=O)CCCCCCCCCCCCCCCCCCCCCCCCCCCCCCCCCCCCC)COC(OCC[N+](C)(C)C)C(=O)[O-]. The highest BCUT2D eigenvalue weighted by Gasteiger charge is 2.22. The van der Waals surface area contributed by atoms with E-state index in [9.17, 15) is 19.5 Å². The summed E-state index contributed by atoms with van der Waals surface area (Å²) in [7, 11) is 5.92. The van der Waals surface area contributed by atoms with Crippen molar-refractivity contribution in [3.05, 3.63) is 12.2 Å². The van der Waals surface area contributed by atoms with Gasteiger partial charge in [-0.1, -0.05) is 276 Å². The molecule has 426 valence electrons. The predicted octanol–water partition coefficient (Wildman–Crippen LogP) is 17.2. The first-order chi connectivity index (χ1) is 35.1. The smallest absolute Gasteiger partial charge is 0.306 e. The van der Waals surface area contributed by atoms with Crippen LogP contribution in [-0.4, -0.2) is 82.3 Å². The number of hydrogen-bond donors (Lipinski definition) is 0. The molecule has 9 nitrogen and oxygen atoms in total. The second-order valence-corrected chi connectivity index (χ2v) is 22.7. The molecule has 0 saturated carbocycles. The number of allylic oxidation sites excluding steroid dienone is 2. The van der Waals surface area contributed by atoms with E-state index >= 15 is 0 Å². The molecule has 9 heteroatoms. The van der Waals surface area contributed by atoms with Crippen molar-refractivity contribution in [2.24, 2.45) is 0 Å². The number of nitrogens with zero attached hydrogens (tertiary/aromatic N) is 1. The van der Waals surface area contributed by atoms with Crippen molar-refractivity contribution in [2.75, 3.05) is 47.5 Å². The fourth-order valence-electron chi connectivity index (χ4n) is 9.42. The van der Waals surface area contributed by atoms with Gasteiger partial charge in [-0.3, -0.25) is 9.59 Å². The average Bonchev–Trinajstić information content (AvgIpc) is 3.35. The number of hydrogen-bond acceptors (Lipinski definition) is 8. The Kier molecular flexibility index (Phi) is 53.8. The molecule has 0 radical (unpaired) electrons. The molecule has 0 aromatic rings. The summed E-state index contributed by atoms with van der Waals surface area (Å²) in [5.74, 6) is -2.27. The molecule has 0 aliphatic rings. The number of aliphatic carboxylic acids is 1. The molecule has 2 unspecified atom stereocenters. The van der Waals surface area contributed by atoms with Gasteiger partial charge in [-0.05, 0) is 38.5 Å². The van der Waals surface area contributed by atoms with Gasteiger partial charge in [-0.15, -0.1) is 0 Å². The highest BCUT2D eigenvalue weighted by molar-refractivity contribution is 5.70. The van der Waals surface area contributed by atoms with E-state index in [2.05, 4.69) is 26.0 Å². The molecule has 0 rings (SSSR count). The molecule has 0 aliphatic carbocycles. The molecule has 0 fully saturated rings. The molecule has 72 heavy (non-hydrogen) atoms. The zero-order chi connectivity index (χ0) is 52.7.